The molecule has 136 valence electrons. The number of ether oxygens (including phenoxy) is 1. The van der Waals surface area contributed by atoms with Gasteiger partial charge < -0.3 is 4.74 Å². The van der Waals surface area contributed by atoms with Gasteiger partial charge in [-0.3, -0.25) is 19.2 Å². The summed E-state index contributed by atoms with van der Waals surface area (Å²) < 4.78 is 4.75. The van der Waals surface area contributed by atoms with Crippen LogP contribution in [-0.4, -0.2) is 23.5 Å². The van der Waals surface area contributed by atoms with E-state index in [0.29, 0.717) is 6.42 Å². The number of fused-ring (bicyclic) bond motifs is 3. The fourth-order valence-electron chi connectivity index (χ4n) is 4.71. The number of hydrogen-bond donors (Lipinski definition) is 0. The highest BCUT2D eigenvalue weighted by Crippen LogP contribution is 2.52. The van der Waals surface area contributed by atoms with Gasteiger partial charge in [0, 0.05) is 5.92 Å². The molecule has 4 unspecified atom stereocenters. The van der Waals surface area contributed by atoms with E-state index in [1.807, 2.05) is 18.2 Å². The Hall–Kier alpha value is -2.30. The maximum Gasteiger partial charge on any atom is 0.317 e. The van der Waals surface area contributed by atoms with Crippen LogP contribution in [0.4, 0.5) is 0 Å². The molecule has 0 amide bonds. The van der Waals surface area contributed by atoms with E-state index in [4.69, 9.17) is 4.74 Å². The molecule has 4 atom stereocenters. The van der Waals surface area contributed by atoms with Crippen molar-refractivity contribution in [2.45, 2.75) is 57.3 Å². The monoisotopic (exact) mass is 354 g/mol. The predicted octanol–water partition coefficient (Wildman–Crippen LogP) is 2.80. The third-order valence-corrected chi connectivity index (χ3v) is 6.10. The van der Waals surface area contributed by atoms with Crippen molar-refractivity contribution >= 4 is 23.5 Å². The van der Waals surface area contributed by atoms with Crippen LogP contribution in [0.15, 0.2) is 18.2 Å². The number of esters is 2. The SMILES string of the molecule is CC(C)(C)c1ccc2c(c1)C1C(=O)CC(=O)C1CC2C1CC(=O)OC1=O. The van der Waals surface area contributed by atoms with E-state index < -0.39 is 29.7 Å². The van der Waals surface area contributed by atoms with Crippen LogP contribution in [0.5, 0.6) is 0 Å². The molecule has 2 aliphatic carbocycles. The van der Waals surface area contributed by atoms with E-state index in [1.54, 1.807) is 0 Å². The van der Waals surface area contributed by atoms with Crippen molar-refractivity contribution in [3.05, 3.63) is 34.9 Å². The zero-order valence-corrected chi connectivity index (χ0v) is 15.2. The Morgan fingerprint density at radius 1 is 0.923 bits per heavy atom. The Morgan fingerprint density at radius 3 is 2.27 bits per heavy atom. The molecule has 0 aromatic heterocycles. The van der Waals surface area contributed by atoms with Crippen LogP contribution in [0, 0.1) is 11.8 Å². The van der Waals surface area contributed by atoms with Gasteiger partial charge in [-0.2, -0.15) is 0 Å². The summed E-state index contributed by atoms with van der Waals surface area (Å²) in [5, 5.41) is 0. The number of benzene rings is 1. The van der Waals surface area contributed by atoms with Gasteiger partial charge in [0.2, 0.25) is 0 Å². The number of ketones is 2. The van der Waals surface area contributed by atoms with Crippen LogP contribution >= 0.6 is 0 Å². The van der Waals surface area contributed by atoms with Gasteiger partial charge in [0.15, 0.2) is 0 Å². The van der Waals surface area contributed by atoms with Gasteiger partial charge in [-0.05, 0) is 34.4 Å². The van der Waals surface area contributed by atoms with Crippen LogP contribution in [0.25, 0.3) is 0 Å². The van der Waals surface area contributed by atoms with E-state index in [1.165, 1.54) is 0 Å². The van der Waals surface area contributed by atoms with Gasteiger partial charge in [0.25, 0.3) is 0 Å². The highest BCUT2D eigenvalue weighted by atomic mass is 16.6. The molecule has 1 aromatic carbocycles. The highest BCUT2D eigenvalue weighted by Gasteiger charge is 2.51. The molecule has 0 spiro atoms. The van der Waals surface area contributed by atoms with Crippen LogP contribution < -0.4 is 0 Å². The fourth-order valence-corrected chi connectivity index (χ4v) is 4.71. The third kappa shape index (κ3) is 2.52. The Bertz CT molecular complexity index is 844. The zero-order chi connectivity index (χ0) is 18.8. The molecule has 5 heteroatoms. The number of carbonyl (C=O) groups excluding carboxylic acids is 4. The quantitative estimate of drug-likeness (QED) is 0.572. The summed E-state index contributed by atoms with van der Waals surface area (Å²) in [5.74, 6) is -2.72. The van der Waals surface area contributed by atoms with Crippen molar-refractivity contribution in [3.63, 3.8) is 0 Å². The van der Waals surface area contributed by atoms with Gasteiger partial charge in [0.1, 0.15) is 11.6 Å². The molecular formula is C21H22O5. The summed E-state index contributed by atoms with van der Waals surface area (Å²) in [7, 11) is 0. The minimum absolute atomic E-state index is 0.0316. The first-order chi connectivity index (χ1) is 12.2. The molecule has 0 bridgehead atoms. The molecule has 1 aliphatic heterocycles. The lowest BCUT2D eigenvalue weighted by molar-refractivity contribution is -0.153. The first-order valence-corrected chi connectivity index (χ1v) is 9.11. The molecule has 0 N–H and O–H groups in total. The maximum atomic E-state index is 12.5. The van der Waals surface area contributed by atoms with Crippen LogP contribution in [0.1, 0.15) is 68.6 Å². The van der Waals surface area contributed by atoms with Crippen LogP contribution in [-0.2, 0) is 29.3 Å². The van der Waals surface area contributed by atoms with Crippen molar-refractivity contribution in [1.82, 2.24) is 0 Å². The molecule has 26 heavy (non-hydrogen) atoms. The number of rotatable bonds is 1. The van der Waals surface area contributed by atoms with Crippen LogP contribution in [0.2, 0.25) is 0 Å². The standard InChI is InChI=1S/C21H22O5/c1-21(2,3)10-4-5-11-12(14-8-18(24)26-20(14)25)7-15-16(22)9-17(23)19(15)13(11)6-10/h4-6,12,14-15,19H,7-9H2,1-3H3. The lowest BCUT2D eigenvalue weighted by Gasteiger charge is -2.35. The van der Waals surface area contributed by atoms with Gasteiger partial charge in [-0.1, -0.05) is 39.0 Å². The molecule has 4 rings (SSSR count). The van der Waals surface area contributed by atoms with E-state index >= 15 is 0 Å². The molecule has 3 aliphatic rings. The van der Waals surface area contributed by atoms with E-state index in [9.17, 15) is 19.2 Å². The minimum Gasteiger partial charge on any atom is -0.393 e. The molecule has 1 saturated carbocycles. The Kier molecular flexibility index (Phi) is 3.69. The second-order valence-corrected chi connectivity index (χ2v) is 8.73. The topological polar surface area (TPSA) is 77.5 Å². The van der Waals surface area contributed by atoms with Crippen molar-refractivity contribution in [2.24, 2.45) is 11.8 Å². The van der Waals surface area contributed by atoms with Crippen molar-refractivity contribution < 1.29 is 23.9 Å². The average Bonchev–Trinajstić information content (AvgIpc) is 3.03. The Labute approximate surface area is 152 Å². The molecular weight excluding hydrogens is 332 g/mol. The number of hydrogen-bond acceptors (Lipinski definition) is 5. The largest absolute Gasteiger partial charge is 0.393 e. The zero-order valence-electron chi connectivity index (χ0n) is 15.2. The first-order valence-electron chi connectivity index (χ1n) is 9.11. The normalized spacial score (nSPS) is 31.0. The highest BCUT2D eigenvalue weighted by molar-refractivity contribution is 6.11. The van der Waals surface area contributed by atoms with E-state index in [0.717, 1.165) is 16.7 Å². The summed E-state index contributed by atoms with van der Waals surface area (Å²) in [6.07, 6.45) is 0.447. The average molecular weight is 354 g/mol. The van der Waals surface area contributed by atoms with Gasteiger partial charge in [-0.15, -0.1) is 0 Å². The van der Waals surface area contributed by atoms with Gasteiger partial charge in [0.05, 0.1) is 24.7 Å². The Morgan fingerprint density at radius 2 is 1.65 bits per heavy atom. The lowest BCUT2D eigenvalue weighted by Crippen LogP contribution is -2.31. The summed E-state index contributed by atoms with van der Waals surface area (Å²) >= 11 is 0. The number of Topliss-reactive ketones (excluding diaryl/α,β-unsaturated/α-hetero) is 2. The minimum atomic E-state index is -0.564. The summed E-state index contributed by atoms with van der Waals surface area (Å²) in [4.78, 5) is 48.7. The maximum absolute atomic E-state index is 12.5. The molecule has 1 heterocycles. The summed E-state index contributed by atoms with van der Waals surface area (Å²) in [6.45, 7) is 6.30. The first kappa shape index (κ1) is 17.1. The molecule has 1 saturated heterocycles. The number of cyclic esters (lactones) is 2. The molecule has 1 aromatic rings. The second kappa shape index (κ2) is 5.60. The second-order valence-electron chi connectivity index (χ2n) is 8.73. The fraction of sp³-hybridized carbons (Fsp3) is 0.524. The summed E-state index contributed by atoms with van der Waals surface area (Å²) in [6, 6.07) is 6.02. The molecule has 0 radical (unpaired) electrons. The molecule has 2 fully saturated rings. The van der Waals surface area contributed by atoms with Crippen molar-refractivity contribution in [3.8, 4) is 0 Å². The van der Waals surface area contributed by atoms with Crippen LogP contribution in [0.3, 0.4) is 0 Å². The van der Waals surface area contributed by atoms with Crippen molar-refractivity contribution in [1.29, 1.82) is 0 Å². The smallest absolute Gasteiger partial charge is 0.317 e. The van der Waals surface area contributed by atoms with Crippen molar-refractivity contribution in [2.75, 3.05) is 0 Å². The van der Waals surface area contributed by atoms with E-state index in [-0.39, 0.29) is 35.7 Å². The third-order valence-electron chi connectivity index (χ3n) is 6.10. The Balaban J connectivity index is 1.85. The van der Waals surface area contributed by atoms with Gasteiger partial charge in [-0.25, -0.2) is 0 Å². The number of carbonyl (C=O) groups is 4. The predicted molar refractivity (Wildman–Crippen MR) is 92.6 cm³/mol. The summed E-state index contributed by atoms with van der Waals surface area (Å²) in [5.41, 5.74) is 2.78. The molecule has 5 nitrogen and oxygen atoms in total. The van der Waals surface area contributed by atoms with E-state index in [2.05, 4.69) is 20.8 Å². The lowest BCUT2D eigenvalue weighted by atomic mass is 9.66. The van der Waals surface area contributed by atoms with Gasteiger partial charge >= 0.3 is 11.9 Å².